The maximum atomic E-state index is 14.2. The standard InChI is InChI=1S/C24H16FN3O3/c25-18-7-2-1-6-16(18)17-11-20-21(12-22(17)29)27-19(13-24(30)28-20)14-4-3-5-15(10-14)23-8-9-26-31-23/h1-12,29H,13H2,(H,28,30). The van der Waals surface area contributed by atoms with E-state index in [0.717, 1.165) is 11.1 Å². The van der Waals surface area contributed by atoms with Gasteiger partial charge in [-0.15, -0.1) is 0 Å². The average molecular weight is 413 g/mol. The first-order valence-corrected chi connectivity index (χ1v) is 9.59. The van der Waals surface area contributed by atoms with Gasteiger partial charge in [0.1, 0.15) is 11.6 Å². The Morgan fingerprint density at radius 3 is 2.61 bits per heavy atom. The van der Waals surface area contributed by atoms with Crippen molar-refractivity contribution in [3.05, 3.63) is 84.3 Å². The van der Waals surface area contributed by atoms with Crippen LogP contribution in [0.5, 0.6) is 5.75 Å². The van der Waals surface area contributed by atoms with Crippen molar-refractivity contribution >= 4 is 23.0 Å². The Morgan fingerprint density at radius 2 is 1.81 bits per heavy atom. The molecule has 0 unspecified atom stereocenters. The van der Waals surface area contributed by atoms with Crippen molar-refractivity contribution in [2.24, 2.45) is 4.99 Å². The van der Waals surface area contributed by atoms with Crippen LogP contribution in [0, 0.1) is 5.82 Å². The van der Waals surface area contributed by atoms with Crippen molar-refractivity contribution in [1.82, 2.24) is 5.16 Å². The van der Waals surface area contributed by atoms with Crippen LogP contribution in [0.4, 0.5) is 15.8 Å². The van der Waals surface area contributed by atoms with Gasteiger partial charge in [0.2, 0.25) is 5.91 Å². The Labute approximate surface area is 176 Å². The number of rotatable bonds is 3. The predicted molar refractivity (Wildman–Crippen MR) is 115 cm³/mol. The molecule has 0 aliphatic carbocycles. The molecule has 31 heavy (non-hydrogen) atoms. The van der Waals surface area contributed by atoms with E-state index in [4.69, 9.17) is 4.52 Å². The Kier molecular flexibility index (Phi) is 4.55. The summed E-state index contributed by atoms with van der Waals surface area (Å²) in [6.07, 6.45) is 1.61. The molecule has 2 N–H and O–H groups in total. The molecule has 0 spiro atoms. The molecule has 4 aromatic rings. The third-order valence-electron chi connectivity index (χ3n) is 5.05. The lowest BCUT2D eigenvalue weighted by Gasteiger charge is -2.11. The molecule has 1 aromatic heterocycles. The molecular weight excluding hydrogens is 397 g/mol. The Balaban J connectivity index is 1.60. The third kappa shape index (κ3) is 3.57. The zero-order chi connectivity index (χ0) is 21.4. The number of phenols is 1. The fraction of sp³-hybridized carbons (Fsp3) is 0.0417. The number of carbonyl (C=O) groups is 1. The number of aromatic nitrogens is 1. The highest BCUT2D eigenvalue weighted by molar-refractivity contribution is 6.17. The van der Waals surface area contributed by atoms with Crippen molar-refractivity contribution in [3.8, 4) is 28.2 Å². The Hall–Kier alpha value is -4.26. The largest absolute Gasteiger partial charge is 0.507 e. The fourth-order valence-electron chi connectivity index (χ4n) is 3.58. The van der Waals surface area contributed by atoms with Gasteiger partial charge in [0.05, 0.1) is 29.7 Å². The highest BCUT2D eigenvalue weighted by Gasteiger charge is 2.21. The SMILES string of the molecule is O=C1CC(c2cccc(-c3ccno3)c2)=Nc2cc(O)c(-c3ccccc3F)cc2N1. The van der Waals surface area contributed by atoms with Crippen molar-refractivity contribution in [1.29, 1.82) is 0 Å². The number of hydrogen-bond acceptors (Lipinski definition) is 5. The van der Waals surface area contributed by atoms with Crippen LogP contribution in [-0.2, 0) is 4.79 Å². The van der Waals surface area contributed by atoms with Gasteiger partial charge in [0.25, 0.3) is 0 Å². The number of anilines is 1. The molecule has 1 aliphatic heterocycles. The van der Waals surface area contributed by atoms with E-state index in [-0.39, 0.29) is 29.2 Å². The summed E-state index contributed by atoms with van der Waals surface area (Å²) in [6.45, 7) is 0. The molecule has 5 rings (SSSR count). The summed E-state index contributed by atoms with van der Waals surface area (Å²) in [5.74, 6) is -0.245. The van der Waals surface area contributed by atoms with E-state index in [2.05, 4.69) is 15.5 Å². The summed E-state index contributed by atoms with van der Waals surface area (Å²) < 4.78 is 19.5. The lowest BCUT2D eigenvalue weighted by molar-refractivity contribution is -0.115. The molecule has 0 fully saturated rings. The number of nitrogens with one attached hydrogen (secondary N) is 1. The number of carbonyl (C=O) groups excluding carboxylic acids is 1. The van der Waals surface area contributed by atoms with Gasteiger partial charge in [0.15, 0.2) is 5.76 Å². The molecule has 1 aliphatic rings. The maximum Gasteiger partial charge on any atom is 0.230 e. The second-order valence-corrected chi connectivity index (χ2v) is 7.11. The molecule has 152 valence electrons. The smallest absolute Gasteiger partial charge is 0.230 e. The first-order valence-electron chi connectivity index (χ1n) is 9.59. The van der Waals surface area contributed by atoms with Crippen LogP contribution in [0.3, 0.4) is 0 Å². The third-order valence-corrected chi connectivity index (χ3v) is 5.05. The minimum atomic E-state index is -0.467. The highest BCUT2D eigenvalue weighted by atomic mass is 19.1. The number of amides is 1. The number of aromatic hydroxyl groups is 1. The molecule has 0 bridgehead atoms. The summed E-state index contributed by atoms with van der Waals surface area (Å²) >= 11 is 0. The van der Waals surface area contributed by atoms with Crippen LogP contribution < -0.4 is 5.32 Å². The van der Waals surface area contributed by atoms with E-state index >= 15 is 0 Å². The number of nitrogens with zero attached hydrogens (tertiary/aromatic N) is 2. The number of hydrogen-bond donors (Lipinski definition) is 2. The molecule has 0 radical (unpaired) electrons. The van der Waals surface area contributed by atoms with Gasteiger partial charge < -0.3 is 14.9 Å². The topological polar surface area (TPSA) is 87.7 Å². The molecule has 2 heterocycles. The van der Waals surface area contributed by atoms with Crippen LogP contribution >= 0.6 is 0 Å². The van der Waals surface area contributed by atoms with E-state index in [1.165, 1.54) is 12.1 Å². The molecule has 0 saturated carbocycles. The lowest BCUT2D eigenvalue weighted by Crippen LogP contribution is -2.15. The summed E-state index contributed by atoms with van der Waals surface area (Å²) in [7, 11) is 0. The highest BCUT2D eigenvalue weighted by Crippen LogP contribution is 2.40. The predicted octanol–water partition coefficient (Wildman–Crippen LogP) is 5.32. The van der Waals surface area contributed by atoms with Crippen molar-refractivity contribution in [3.63, 3.8) is 0 Å². The molecule has 0 atom stereocenters. The van der Waals surface area contributed by atoms with Crippen molar-refractivity contribution in [2.75, 3.05) is 5.32 Å². The first kappa shape index (κ1) is 18.7. The van der Waals surface area contributed by atoms with E-state index in [9.17, 15) is 14.3 Å². The van der Waals surface area contributed by atoms with Gasteiger partial charge >= 0.3 is 0 Å². The molecule has 0 saturated heterocycles. The molecule has 6 nitrogen and oxygen atoms in total. The quantitative estimate of drug-likeness (QED) is 0.445. The number of fused-ring (bicyclic) bond motifs is 1. The maximum absolute atomic E-state index is 14.2. The minimum Gasteiger partial charge on any atom is -0.507 e. The van der Waals surface area contributed by atoms with Gasteiger partial charge in [-0.2, -0.15) is 0 Å². The second kappa shape index (κ2) is 7.53. The average Bonchev–Trinajstić information content (AvgIpc) is 3.25. The van der Waals surface area contributed by atoms with Crippen LogP contribution in [0.1, 0.15) is 12.0 Å². The molecule has 7 heteroatoms. The number of benzene rings is 3. The molecular formula is C24H16FN3O3. The zero-order valence-corrected chi connectivity index (χ0v) is 16.2. The summed E-state index contributed by atoms with van der Waals surface area (Å²) in [4.78, 5) is 17.2. The lowest BCUT2D eigenvalue weighted by atomic mass is 10.0. The van der Waals surface area contributed by atoms with E-state index in [1.807, 2.05) is 24.3 Å². The van der Waals surface area contributed by atoms with E-state index < -0.39 is 5.82 Å². The van der Waals surface area contributed by atoms with Gasteiger partial charge in [-0.05, 0) is 23.8 Å². The second-order valence-electron chi connectivity index (χ2n) is 7.11. The fourth-order valence-corrected chi connectivity index (χ4v) is 3.58. The van der Waals surface area contributed by atoms with Crippen molar-refractivity contribution in [2.45, 2.75) is 6.42 Å². The Morgan fingerprint density at radius 1 is 0.968 bits per heavy atom. The van der Waals surface area contributed by atoms with E-state index in [1.54, 1.807) is 36.5 Å². The monoisotopic (exact) mass is 413 g/mol. The molecule has 3 aromatic carbocycles. The Bertz CT molecular complexity index is 1330. The minimum absolute atomic E-state index is 0.0460. The van der Waals surface area contributed by atoms with E-state index in [0.29, 0.717) is 22.8 Å². The van der Waals surface area contributed by atoms with Crippen LogP contribution in [0.2, 0.25) is 0 Å². The molecule has 1 amide bonds. The number of aliphatic imine (C=N–C) groups is 1. The van der Waals surface area contributed by atoms with Crippen molar-refractivity contribution < 1.29 is 18.8 Å². The van der Waals surface area contributed by atoms with Gasteiger partial charge in [0, 0.05) is 28.8 Å². The number of halogens is 1. The summed E-state index contributed by atoms with van der Waals surface area (Å²) in [6, 6.07) is 18.3. The van der Waals surface area contributed by atoms with Crippen LogP contribution in [-0.4, -0.2) is 21.9 Å². The summed E-state index contributed by atoms with van der Waals surface area (Å²) in [5.41, 5.74) is 3.41. The normalized spacial score (nSPS) is 13.2. The zero-order valence-electron chi connectivity index (χ0n) is 16.2. The van der Waals surface area contributed by atoms with Crippen LogP contribution in [0.15, 0.2) is 82.4 Å². The van der Waals surface area contributed by atoms with Gasteiger partial charge in [-0.3, -0.25) is 4.79 Å². The first-order chi connectivity index (χ1) is 15.1. The number of phenolic OH excluding ortho intramolecular Hbond substituents is 1. The van der Waals surface area contributed by atoms with Crippen LogP contribution in [0.25, 0.3) is 22.5 Å². The van der Waals surface area contributed by atoms with Gasteiger partial charge in [-0.25, -0.2) is 9.38 Å². The van der Waals surface area contributed by atoms with Gasteiger partial charge in [-0.1, -0.05) is 41.6 Å². The summed E-state index contributed by atoms with van der Waals surface area (Å²) in [5, 5.41) is 17.1.